The zero-order valence-electron chi connectivity index (χ0n) is 15.1. The van der Waals surface area contributed by atoms with Crippen LogP contribution in [0.5, 0.6) is 0 Å². The molecule has 3 heterocycles. The van der Waals surface area contributed by atoms with E-state index in [0.717, 1.165) is 65.3 Å². The first-order valence-corrected chi connectivity index (χ1v) is 9.35. The first-order chi connectivity index (χ1) is 11.7. The van der Waals surface area contributed by atoms with Crippen LogP contribution >= 0.6 is 0 Å². The molecular formula is C17H32N4O3. The highest BCUT2D eigenvalue weighted by Crippen LogP contribution is 2.19. The molecule has 3 fully saturated rings. The molecule has 0 aromatic rings. The van der Waals surface area contributed by atoms with E-state index >= 15 is 0 Å². The standard InChI is InChI=1S/C17H32N4O3/c1-3-24-17(22)21-6-4-14(5-7-21)18-15-12-23-13-16(15)20-10-8-19(2)9-11-20/h14-16,18H,3-13H2,1-2H3/t15-,16-/m0/s1. The highest BCUT2D eigenvalue weighted by molar-refractivity contribution is 5.67. The molecule has 0 aliphatic carbocycles. The van der Waals surface area contributed by atoms with E-state index in [-0.39, 0.29) is 6.09 Å². The summed E-state index contributed by atoms with van der Waals surface area (Å²) in [5.74, 6) is 0. The Morgan fingerprint density at radius 3 is 2.50 bits per heavy atom. The van der Waals surface area contributed by atoms with Gasteiger partial charge in [-0.1, -0.05) is 0 Å². The van der Waals surface area contributed by atoms with E-state index in [1.807, 2.05) is 11.8 Å². The van der Waals surface area contributed by atoms with Gasteiger partial charge in [0.05, 0.1) is 25.9 Å². The molecule has 0 saturated carbocycles. The molecular weight excluding hydrogens is 308 g/mol. The number of nitrogens with zero attached hydrogens (tertiary/aromatic N) is 3. The van der Waals surface area contributed by atoms with Gasteiger partial charge in [0.15, 0.2) is 0 Å². The summed E-state index contributed by atoms with van der Waals surface area (Å²) >= 11 is 0. The van der Waals surface area contributed by atoms with Gasteiger partial charge in [-0.05, 0) is 26.8 Å². The number of likely N-dealkylation sites (N-methyl/N-ethyl adjacent to an activating group) is 1. The summed E-state index contributed by atoms with van der Waals surface area (Å²) in [7, 11) is 2.19. The Hall–Kier alpha value is -0.890. The second-order valence-corrected chi connectivity index (χ2v) is 7.18. The normalized spacial score (nSPS) is 30.7. The third-order valence-corrected chi connectivity index (χ3v) is 5.53. The van der Waals surface area contributed by atoms with Crippen LogP contribution in [0.4, 0.5) is 4.79 Å². The highest BCUT2D eigenvalue weighted by atomic mass is 16.6. The number of ether oxygens (including phenoxy) is 2. The van der Waals surface area contributed by atoms with Crippen LogP contribution < -0.4 is 5.32 Å². The van der Waals surface area contributed by atoms with Gasteiger partial charge in [0.2, 0.25) is 0 Å². The molecule has 7 nitrogen and oxygen atoms in total. The average molecular weight is 340 g/mol. The van der Waals surface area contributed by atoms with Crippen LogP contribution in [0, 0.1) is 0 Å². The molecule has 3 aliphatic heterocycles. The highest BCUT2D eigenvalue weighted by Gasteiger charge is 2.36. The number of hydrogen-bond donors (Lipinski definition) is 1. The summed E-state index contributed by atoms with van der Waals surface area (Å²) in [6, 6.07) is 1.37. The van der Waals surface area contributed by atoms with Crippen LogP contribution in [0.1, 0.15) is 19.8 Å². The number of rotatable bonds is 4. The average Bonchev–Trinajstić information content (AvgIpc) is 3.04. The van der Waals surface area contributed by atoms with Crippen LogP contribution in [-0.4, -0.2) is 105 Å². The summed E-state index contributed by atoms with van der Waals surface area (Å²) < 4.78 is 10.9. The number of amides is 1. The zero-order chi connectivity index (χ0) is 16.9. The van der Waals surface area contributed by atoms with E-state index in [1.165, 1.54) is 0 Å². The number of likely N-dealkylation sites (tertiary alicyclic amines) is 1. The van der Waals surface area contributed by atoms with Gasteiger partial charge in [-0.3, -0.25) is 4.90 Å². The van der Waals surface area contributed by atoms with Crippen molar-refractivity contribution in [2.24, 2.45) is 0 Å². The molecule has 0 aromatic heterocycles. The molecule has 1 amide bonds. The summed E-state index contributed by atoms with van der Waals surface area (Å²) in [4.78, 5) is 18.6. The molecule has 1 N–H and O–H groups in total. The molecule has 3 rings (SSSR count). The van der Waals surface area contributed by atoms with Crippen molar-refractivity contribution in [2.75, 3.05) is 66.1 Å². The minimum Gasteiger partial charge on any atom is -0.450 e. The number of piperidine rings is 1. The summed E-state index contributed by atoms with van der Waals surface area (Å²) in [6.45, 7) is 10.0. The van der Waals surface area contributed by atoms with E-state index in [9.17, 15) is 4.79 Å². The van der Waals surface area contributed by atoms with Gasteiger partial charge in [-0.2, -0.15) is 0 Å². The predicted molar refractivity (Wildman–Crippen MR) is 92.2 cm³/mol. The number of nitrogens with one attached hydrogen (secondary N) is 1. The maximum absolute atomic E-state index is 11.8. The van der Waals surface area contributed by atoms with Gasteiger partial charge in [-0.15, -0.1) is 0 Å². The van der Waals surface area contributed by atoms with E-state index in [2.05, 4.69) is 22.2 Å². The Morgan fingerprint density at radius 2 is 1.83 bits per heavy atom. The summed E-state index contributed by atoms with van der Waals surface area (Å²) in [5, 5.41) is 3.81. The topological polar surface area (TPSA) is 57.3 Å². The molecule has 3 aliphatic rings. The molecule has 138 valence electrons. The molecule has 0 spiro atoms. The number of carbonyl (C=O) groups excluding carboxylic acids is 1. The lowest BCUT2D eigenvalue weighted by Gasteiger charge is -2.40. The maximum Gasteiger partial charge on any atom is 0.409 e. The largest absolute Gasteiger partial charge is 0.450 e. The van der Waals surface area contributed by atoms with Gasteiger partial charge in [-0.25, -0.2) is 4.79 Å². The van der Waals surface area contributed by atoms with E-state index < -0.39 is 0 Å². The van der Waals surface area contributed by atoms with Crippen LogP contribution in [0.2, 0.25) is 0 Å². The second-order valence-electron chi connectivity index (χ2n) is 7.18. The fraction of sp³-hybridized carbons (Fsp3) is 0.941. The van der Waals surface area contributed by atoms with Crippen LogP contribution in [0.15, 0.2) is 0 Å². The number of carbonyl (C=O) groups is 1. The Kier molecular flexibility index (Phi) is 6.32. The predicted octanol–water partition coefficient (Wildman–Crippen LogP) is 0.212. The Balaban J connectivity index is 1.45. The lowest BCUT2D eigenvalue weighted by atomic mass is 10.0. The lowest BCUT2D eigenvalue weighted by Crippen LogP contribution is -2.58. The minimum absolute atomic E-state index is 0.171. The first kappa shape index (κ1) is 17.9. The van der Waals surface area contributed by atoms with Crippen molar-refractivity contribution in [1.29, 1.82) is 0 Å². The fourth-order valence-corrected chi connectivity index (χ4v) is 3.96. The molecule has 0 radical (unpaired) electrons. The van der Waals surface area contributed by atoms with Crippen molar-refractivity contribution >= 4 is 6.09 Å². The van der Waals surface area contributed by atoms with Crippen molar-refractivity contribution < 1.29 is 14.3 Å². The van der Waals surface area contributed by atoms with E-state index in [1.54, 1.807) is 0 Å². The van der Waals surface area contributed by atoms with Gasteiger partial charge >= 0.3 is 6.09 Å². The zero-order valence-corrected chi connectivity index (χ0v) is 15.1. The van der Waals surface area contributed by atoms with Crippen molar-refractivity contribution in [2.45, 2.75) is 37.9 Å². The molecule has 3 saturated heterocycles. The Bertz CT molecular complexity index is 407. The Morgan fingerprint density at radius 1 is 1.12 bits per heavy atom. The van der Waals surface area contributed by atoms with Crippen LogP contribution in [0.3, 0.4) is 0 Å². The SMILES string of the molecule is CCOC(=O)N1CCC(N[C@H]2COC[C@@H]2N2CCN(C)CC2)CC1. The van der Waals surface area contributed by atoms with Gasteiger partial charge in [0, 0.05) is 51.4 Å². The molecule has 0 aromatic carbocycles. The first-order valence-electron chi connectivity index (χ1n) is 9.35. The van der Waals surface area contributed by atoms with Crippen LogP contribution in [-0.2, 0) is 9.47 Å². The van der Waals surface area contributed by atoms with Crippen LogP contribution in [0.25, 0.3) is 0 Å². The Labute approximate surface area is 145 Å². The molecule has 7 heteroatoms. The van der Waals surface area contributed by atoms with Crippen molar-refractivity contribution in [3.63, 3.8) is 0 Å². The van der Waals surface area contributed by atoms with Gasteiger partial charge in [0.25, 0.3) is 0 Å². The van der Waals surface area contributed by atoms with Crippen molar-refractivity contribution in [1.82, 2.24) is 20.0 Å². The summed E-state index contributed by atoms with van der Waals surface area (Å²) in [6.07, 6.45) is 1.81. The monoisotopic (exact) mass is 340 g/mol. The third-order valence-electron chi connectivity index (χ3n) is 5.53. The molecule has 0 bridgehead atoms. The molecule has 0 unspecified atom stereocenters. The van der Waals surface area contributed by atoms with E-state index in [0.29, 0.717) is 24.7 Å². The number of piperazine rings is 1. The number of hydrogen-bond acceptors (Lipinski definition) is 6. The van der Waals surface area contributed by atoms with Crippen molar-refractivity contribution in [3.8, 4) is 0 Å². The summed E-state index contributed by atoms with van der Waals surface area (Å²) in [5.41, 5.74) is 0. The third kappa shape index (κ3) is 4.39. The van der Waals surface area contributed by atoms with Gasteiger partial charge < -0.3 is 24.6 Å². The smallest absolute Gasteiger partial charge is 0.409 e. The minimum atomic E-state index is -0.171. The fourth-order valence-electron chi connectivity index (χ4n) is 3.96. The van der Waals surface area contributed by atoms with E-state index in [4.69, 9.17) is 9.47 Å². The maximum atomic E-state index is 11.8. The van der Waals surface area contributed by atoms with Crippen molar-refractivity contribution in [3.05, 3.63) is 0 Å². The molecule has 24 heavy (non-hydrogen) atoms. The van der Waals surface area contributed by atoms with Gasteiger partial charge in [0.1, 0.15) is 0 Å². The molecule has 2 atom stereocenters. The lowest BCUT2D eigenvalue weighted by molar-refractivity contribution is 0.0839. The quantitative estimate of drug-likeness (QED) is 0.790. The second kappa shape index (κ2) is 8.47.